The summed E-state index contributed by atoms with van der Waals surface area (Å²) in [5, 5.41) is 9.58. The van der Waals surface area contributed by atoms with Crippen molar-refractivity contribution in [2.75, 3.05) is 0 Å². The summed E-state index contributed by atoms with van der Waals surface area (Å²) in [4.78, 5) is 0. The minimum absolute atomic E-state index is 0.172. The van der Waals surface area contributed by atoms with Crippen molar-refractivity contribution in [3.05, 3.63) is 12.7 Å². The molecule has 0 amide bonds. The van der Waals surface area contributed by atoms with Gasteiger partial charge in [0, 0.05) is 0 Å². The lowest BCUT2D eigenvalue weighted by Gasteiger charge is -2.30. The maximum Gasteiger partial charge on any atom is 0.0591 e. The summed E-state index contributed by atoms with van der Waals surface area (Å²) < 4.78 is 0. The standard InChI is InChI=1S/C12H24O/c1-7-11(3,4)10(2)8-9-12(5,6)13/h7,10,13H,1,8-9H2,2-6H3. The summed E-state index contributed by atoms with van der Waals surface area (Å²) in [5.41, 5.74) is -0.364. The van der Waals surface area contributed by atoms with E-state index in [1.165, 1.54) is 0 Å². The average Bonchev–Trinajstić information content (AvgIpc) is 1.98. The molecule has 0 spiro atoms. The van der Waals surface area contributed by atoms with E-state index in [0.29, 0.717) is 5.92 Å². The van der Waals surface area contributed by atoms with Crippen LogP contribution in [0.15, 0.2) is 12.7 Å². The second kappa shape index (κ2) is 4.28. The number of aliphatic hydroxyl groups is 1. The first-order valence-electron chi connectivity index (χ1n) is 5.05. The molecule has 0 aromatic heterocycles. The van der Waals surface area contributed by atoms with Crippen molar-refractivity contribution >= 4 is 0 Å². The highest BCUT2D eigenvalue weighted by Gasteiger charge is 2.24. The van der Waals surface area contributed by atoms with Gasteiger partial charge in [0.25, 0.3) is 0 Å². The first kappa shape index (κ1) is 12.7. The quantitative estimate of drug-likeness (QED) is 0.649. The summed E-state index contributed by atoms with van der Waals surface area (Å²) in [6, 6.07) is 0. The fourth-order valence-electron chi connectivity index (χ4n) is 1.14. The maximum absolute atomic E-state index is 9.58. The van der Waals surface area contributed by atoms with Crippen molar-refractivity contribution in [1.29, 1.82) is 0 Å². The molecular weight excluding hydrogens is 160 g/mol. The van der Waals surface area contributed by atoms with Crippen LogP contribution < -0.4 is 0 Å². The molecule has 78 valence electrons. The van der Waals surface area contributed by atoms with Gasteiger partial charge in [-0.3, -0.25) is 0 Å². The summed E-state index contributed by atoms with van der Waals surface area (Å²) in [6.45, 7) is 14.2. The van der Waals surface area contributed by atoms with Crippen LogP contribution in [-0.2, 0) is 0 Å². The number of hydrogen-bond donors (Lipinski definition) is 1. The zero-order valence-electron chi connectivity index (χ0n) is 9.72. The molecule has 1 N–H and O–H groups in total. The topological polar surface area (TPSA) is 20.2 Å². The van der Waals surface area contributed by atoms with Crippen LogP contribution in [0.3, 0.4) is 0 Å². The van der Waals surface area contributed by atoms with Crippen LogP contribution in [0.2, 0.25) is 0 Å². The predicted molar refractivity (Wildman–Crippen MR) is 58.7 cm³/mol. The molecule has 0 aliphatic carbocycles. The van der Waals surface area contributed by atoms with Gasteiger partial charge in [0.1, 0.15) is 0 Å². The third-order valence-corrected chi connectivity index (χ3v) is 2.99. The Kier molecular flexibility index (Phi) is 4.18. The fourth-order valence-corrected chi connectivity index (χ4v) is 1.14. The molecule has 0 rings (SSSR count). The molecule has 0 saturated carbocycles. The first-order chi connectivity index (χ1) is 5.69. The Morgan fingerprint density at radius 2 is 1.77 bits per heavy atom. The molecule has 1 nitrogen and oxygen atoms in total. The third-order valence-electron chi connectivity index (χ3n) is 2.99. The third kappa shape index (κ3) is 5.09. The molecule has 1 heteroatoms. The predicted octanol–water partition coefficient (Wildman–Crippen LogP) is 3.39. The van der Waals surface area contributed by atoms with Crippen LogP contribution in [0.4, 0.5) is 0 Å². The molecule has 0 heterocycles. The van der Waals surface area contributed by atoms with Gasteiger partial charge < -0.3 is 5.11 Å². The fraction of sp³-hybridized carbons (Fsp3) is 0.833. The van der Waals surface area contributed by atoms with E-state index in [0.717, 1.165) is 12.8 Å². The highest BCUT2D eigenvalue weighted by molar-refractivity contribution is 4.91. The normalized spacial score (nSPS) is 15.5. The highest BCUT2D eigenvalue weighted by Crippen LogP contribution is 2.32. The van der Waals surface area contributed by atoms with Crippen LogP contribution in [-0.4, -0.2) is 10.7 Å². The monoisotopic (exact) mass is 184 g/mol. The van der Waals surface area contributed by atoms with E-state index in [2.05, 4.69) is 27.4 Å². The van der Waals surface area contributed by atoms with E-state index in [1.807, 2.05) is 19.9 Å². The smallest absolute Gasteiger partial charge is 0.0591 e. The van der Waals surface area contributed by atoms with Gasteiger partial charge in [0.05, 0.1) is 5.60 Å². The molecule has 13 heavy (non-hydrogen) atoms. The second-order valence-electron chi connectivity index (χ2n) is 5.28. The maximum atomic E-state index is 9.58. The lowest BCUT2D eigenvalue weighted by Crippen LogP contribution is -2.24. The second-order valence-corrected chi connectivity index (χ2v) is 5.28. The molecule has 0 aromatic rings. The van der Waals surface area contributed by atoms with E-state index < -0.39 is 5.60 Å². The van der Waals surface area contributed by atoms with Gasteiger partial charge in [-0.05, 0) is 38.0 Å². The van der Waals surface area contributed by atoms with Gasteiger partial charge in [0.15, 0.2) is 0 Å². The summed E-state index contributed by atoms with van der Waals surface area (Å²) in [5.74, 6) is 0.566. The van der Waals surface area contributed by atoms with Gasteiger partial charge >= 0.3 is 0 Å². The molecule has 0 aliphatic heterocycles. The summed E-state index contributed by atoms with van der Waals surface area (Å²) in [6.07, 6.45) is 3.90. The lowest BCUT2D eigenvalue weighted by atomic mass is 9.76. The Hall–Kier alpha value is -0.300. The zero-order valence-corrected chi connectivity index (χ0v) is 9.72. The van der Waals surface area contributed by atoms with Crippen molar-refractivity contribution in [2.45, 2.75) is 53.1 Å². The molecule has 0 aromatic carbocycles. The molecular formula is C12H24O. The number of allylic oxidation sites excluding steroid dienone is 1. The van der Waals surface area contributed by atoms with Gasteiger partial charge in [-0.1, -0.05) is 26.8 Å². The average molecular weight is 184 g/mol. The minimum atomic E-state index is -0.536. The molecule has 1 unspecified atom stereocenters. The summed E-state index contributed by atoms with van der Waals surface area (Å²) >= 11 is 0. The van der Waals surface area contributed by atoms with Gasteiger partial charge in [-0.2, -0.15) is 0 Å². The van der Waals surface area contributed by atoms with Gasteiger partial charge in [0.2, 0.25) is 0 Å². The highest BCUT2D eigenvalue weighted by atomic mass is 16.3. The molecule has 0 saturated heterocycles. The van der Waals surface area contributed by atoms with Crippen LogP contribution in [0.25, 0.3) is 0 Å². The zero-order chi connectivity index (χ0) is 10.7. The molecule has 0 aliphatic rings. The lowest BCUT2D eigenvalue weighted by molar-refractivity contribution is 0.0589. The molecule has 0 radical (unpaired) electrons. The van der Waals surface area contributed by atoms with E-state index in [9.17, 15) is 5.11 Å². The van der Waals surface area contributed by atoms with Crippen LogP contribution in [0, 0.1) is 11.3 Å². The van der Waals surface area contributed by atoms with E-state index in [1.54, 1.807) is 0 Å². The number of hydrogen-bond acceptors (Lipinski definition) is 1. The van der Waals surface area contributed by atoms with Crippen molar-refractivity contribution in [1.82, 2.24) is 0 Å². The minimum Gasteiger partial charge on any atom is -0.390 e. The van der Waals surface area contributed by atoms with E-state index >= 15 is 0 Å². The van der Waals surface area contributed by atoms with E-state index in [4.69, 9.17) is 0 Å². The van der Waals surface area contributed by atoms with Crippen molar-refractivity contribution in [2.24, 2.45) is 11.3 Å². The van der Waals surface area contributed by atoms with Crippen molar-refractivity contribution < 1.29 is 5.11 Å². The van der Waals surface area contributed by atoms with Crippen molar-refractivity contribution in [3.63, 3.8) is 0 Å². The largest absolute Gasteiger partial charge is 0.390 e. The molecule has 0 bridgehead atoms. The Morgan fingerprint density at radius 3 is 2.08 bits per heavy atom. The van der Waals surface area contributed by atoms with Crippen LogP contribution in [0.5, 0.6) is 0 Å². The van der Waals surface area contributed by atoms with Crippen molar-refractivity contribution in [3.8, 4) is 0 Å². The molecule has 1 atom stereocenters. The van der Waals surface area contributed by atoms with Gasteiger partial charge in [-0.15, -0.1) is 6.58 Å². The Morgan fingerprint density at radius 1 is 1.31 bits per heavy atom. The number of rotatable bonds is 5. The Labute approximate surface area is 82.9 Å². The first-order valence-corrected chi connectivity index (χ1v) is 5.05. The Bertz CT molecular complexity index is 162. The summed E-state index contributed by atoms with van der Waals surface area (Å²) in [7, 11) is 0. The SMILES string of the molecule is C=CC(C)(C)C(C)CCC(C)(C)O. The molecule has 0 fully saturated rings. The van der Waals surface area contributed by atoms with Crippen LogP contribution in [0.1, 0.15) is 47.5 Å². The van der Waals surface area contributed by atoms with Gasteiger partial charge in [-0.25, -0.2) is 0 Å². The Balaban J connectivity index is 4.02. The van der Waals surface area contributed by atoms with E-state index in [-0.39, 0.29) is 5.41 Å². The van der Waals surface area contributed by atoms with Crippen LogP contribution >= 0.6 is 0 Å².